The fourth-order valence-electron chi connectivity index (χ4n) is 2.64. The molecule has 26 heavy (non-hydrogen) atoms. The van der Waals surface area contributed by atoms with Gasteiger partial charge in [-0.25, -0.2) is 13.2 Å². The number of rotatable bonds is 6. The molecule has 1 saturated carbocycles. The third kappa shape index (κ3) is 4.00. The highest BCUT2D eigenvalue weighted by atomic mass is 35.5. The first-order chi connectivity index (χ1) is 12.3. The molecule has 1 aromatic rings. The minimum Gasteiger partial charge on any atom is -0.465 e. The summed E-state index contributed by atoms with van der Waals surface area (Å²) >= 11 is 7.49. The van der Waals surface area contributed by atoms with Gasteiger partial charge in [0.1, 0.15) is 10.9 Å². The number of methoxy groups -OCH3 is 1. The summed E-state index contributed by atoms with van der Waals surface area (Å²) in [5.41, 5.74) is 0.158. The van der Waals surface area contributed by atoms with Crippen LogP contribution in [0.5, 0.6) is 0 Å². The summed E-state index contributed by atoms with van der Waals surface area (Å²) in [6.45, 7) is 0.586. The molecule has 0 radical (unpaired) electrons. The predicted molar refractivity (Wildman–Crippen MR) is 98.7 cm³/mol. The molecule has 1 heterocycles. The maximum atomic E-state index is 13.0. The van der Waals surface area contributed by atoms with Crippen LogP contribution in [0.3, 0.4) is 0 Å². The molecule has 1 atom stereocenters. The summed E-state index contributed by atoms with van der Waals surface area (Å²) in [6.07, 6.45) is 2.20. The van der Waals surface area contributed by atoms with E-state index in [1.165, 1.54) is 41.4 Å². The van der Waals surface area contributed by atoms with Gasteiger partial charge >= 0.3 is 5.97 Å². The van der Waals surface area contributed by atoms with Crippen molar-refractivity contribution in [2.45, 2.75) is 23.8 Å². The lowest BCUT2D eigenvalue weighted by molar-refractivity contribution is -0.123. The summed E-state index contributed by atoms with van der Waals surface area (Å²) < 4.78 is 31.8. The number of carbonyl (C=O) groups excluding carboxylic acids is 2. The van der Waals surface area contributed by atoms with Crippen molar-refractivity contribution in [2.75, 3.05) is 25.3 Å². The van der Waals surface area contributed by atoms with E-state index in [1.807, 2.05) is 0 Å². The summed E-state index contributed by atoms with van der Waals surface area (Å²) in [6, 6.07) is 3.10. The fourth-order valence-corrected chi connectivity index (χ4v) is 6.31. The lowest BCUT2D eigenvalue weighted by Gasteiger charge is -2.23. The molecular formula is C16H19ClN2O5S2. The van der Waals surface area contributed by atoms with E-state index < -0.39 is 22.0 Å². The third-order valence-corrected chi connectivity index (χ3v) is 7.86. The van der Waals surface area contributed by atoms with Gasteiger partial charge in [0, 0.05) is 12.3 Å². The first-order valence-corrected chi connectivity index (χ1v) is 11.1. The number of hydrogen-bond donors (Lipinski definition) is 1. The third-order valence-electron chi connectivity index (χ3n) is 4.35. The van der Waals surface area contributed by atoms with E-state index in [0.29, 0.717) is 18.2 Å². The molecule has 2 aliphatic rings. The van der Waals surface area contributed by atoms with E-state index in [-0.39, 0.29) is 27.3 Å². The monoisotopic (exact) mass is 418 g/mol. The molecule has 1 unspecified atom stereocenters. The second-order valence-corrected chi connectivity index (χ2v) is 9.50. The Bertz CT molecular complexity index is 826. The van der Waals surface area contributed by atoms with Gasteiger partial charge in [-0.15, -0.1) is 11.8 Å². The van der Waals surface area contributed by atoms with E-state index in [9.17, 15) is 18.0 Å². The normalized spacial score (nSPS) is 20.8. The number of esters is 1. The van der Waals surface area contributed by atoms with E-state index in [1.54, 1.807) is 0 Å². The highest BCUT2D eigenvalue weighted by molar-refractivity contribution is 8.00. The topological polar surface area (TPSA) is 92.8 Å². The number of hydrogen-bond acceptors (Lipinski definition) is 6. The smallest absolute Gasteiger partial charge is 0.337 e. The van der Waals surface area contributed by atoms with Gasteiger partial charge in [0.2, 0.25) is 15.9 Å². The van der Waals surface area contributed by atoms with Crippen LogP contribution in [-0.4, -0.2) is 55.9 Å². The quantitative estimate of drug-likeness (QED) is 0.707. The molecule has 0 bridgehead atoms. The van der Waals surface area contributed by atoms with Gasteiger partial charge in [0.25, 0.3) is 0 Å². The molecule has 2 fully saturated rings. The molecule has 7 nitrogen and oxygen atoms in total. The van der Waals surface area contributed by atoms with Gasteiger partial charge in [-0.2, -0.15) is 4.31 Å². The molecule has 142 valence electrons. The molecule has 1 aliphatic heterocycles. The lowest BCUT2D eigenvalue weighted by Crippen LogP contribution is -2.47. The van der Waals surface area contributed by atoms with Crippen molar-refractivity contribution in [1.29, 1.82) is 0 Å². The molecular weight excluding hydrogens is 400 g/mol. The van der Waals surface area contributed by atoms with Crippen LogP contribution in [0.2, 0.25) is 5.02 Å². The number of benzene rings is 1. The Labute approximate surface area is 161 Å². The van der Waals surface area contributed by atoms with Crippen LogP contribution >= 0.6 is 23.4 Å². The number of ether oxygens (including phenoxy) is 1. The number of halogens is 1. The Balaban J connectivity index is 1.81. The Morgan fingerprint density at radius 3 is 2.73 bits per heavy atom. The van der Waals surface area contributed by atoms with Gasteiger partial charge in [0.15, 0.2) is 0 Å². The number of sulfonamides is 1. The van der Waals surface area contributed by atoms with Crippen LogP contribution in [0.15, 0.2) is 23.1 Å². The maximum Gasteiger partial charge on any atom is 0.337 e. The number of thioether (sulfide) groups is 1. The Kier molecular flexibility index (Phi) is 5.81. The predicted octanol–water partition coefficient (Wildman–Crippen LogP) is 1.72. The molecule has 1 saturated heterocycles. The Morgan fingerprint density at radius 1 is 1.38 bits per heavy atom. The van der Waals surface area contributed by atoms with E-state index in [4.69, 9.17) is 11.6 Å². The lowest BCUT2D eigenvalue weighted by atomic mass is 10.2. The molecule has 1 aromatic carbocycles. The van der Waals surface area contributed by atoms with Gasteiger partial charge in [-0.05, 0) is 37.0 Å². The highest BCUT2D eigenvalue weighted by Crippen LogP contribution is 2.33. The van der Waals surface area contributed by atoms with Crippen molar-refractivity contribution in [3.8, 4) is 0 Å². The fraction of sp³-hybridized carbons (Fsp3) is 0.500. The van der Waals surface area contributed by atoms with E-state index in [2.05, 4.69) is 10.1 Å². The Morgan fingerprint density at radius 2 is 2.12 bits per heavy atom. The minimum absolute atomic E-state index is 0.0815. The summed E-state index contributed by atoms with van der Waals surface area (Å²) in [5, 5.41) is 2.75. The van der Waals surface area contributed by atoms with Crippen molar-refractivity contribution >= 4 is 45.3 Å². The van der Waals surface area contributed by atoms with E-state index in [0.717, 1.165) is 12.8 Å². The van der Waals surface area contributed by atoms with Crippen LogP contribution < -0.4 is 5.32 Å². The van der Waals surface area contributed by atoms with Crippen LogP contribution in [0, 0.1) is 5.92 Å². The number of carbonyl (C=O) groups is 2. The van der Waals surface area contributed by atoms with Crippen molar-refractivity contribution in [3.63, 3.8) is 0 Å². The SMILES string of the molecule is COC(=O)c1ccc(S(=O)(=O)N2CSCC2C(=O)NCC2CC2)c(Cl)c1. The molecule has 10 heteroatoms. The van der Waals surface area contributed by atoms with Crippen molar-refractivity contribution in [1.82, 2.24) is 9.62 Å². The van der Waals surface area contributed by atoms with Crippen molar-refractivity contribution < 1.29 is 22.7 Å². The first kappa shape index (κ1) is 19.5. The average molecular weight is 419 g/mol. The molecule has 3 rings (SSSR count). The summed E-state index contributed by atoms with van der Waals surface area (Å²) in [7, 11) is -2.74. The van der Waals surface area contributed by atoms with Crippen LogP contribution in [0.25, 0.3) is 0 Å². The molecule has 1 aliphatic carbocycles. The van der Waals surface area contributed by atoms with Gasteiger partial charge in [0.05, 0.1) is 23.6 Å². The maximum absolute atomic E-state index is 13.0. The highest BCUT2D eigenvalue weighted by Gasteiger charge is 2.41. The van der Waals surface area contributed by atoms with Crippen molar-refractivity contribution in [2.24, 2.45) is 5.92 Å². The zero-order valence-corrected chi connectivity index (χ0v) is 16.5. The zero-order chi connectivity index (χ0) is 18.9. The summed E-state index contributed by atoms with van der Waals surface area (Å²) in [4.78, 5) is 23.8. The molecule has 1 N–H and O–H groups in total. The van der Waals surface area contributed by atoms with Crippen molar-refractivity contribution in [3.05, 3.63) is 28.8 Å². The molecule has 0 spiro atoms. The zero-order valence-electron chi connectivity index (χ0n) is 14.1. The average Bonchev–Trinajstić information content (AvgIpc) is 3.31. The van der Waals surface area contributed by atoms with Gasteiger partial charge in [-0.1, -0.05) is 11.6 Å². The number of amides is 1. The number of nitrogens with one attached hydrogen (secondary N) is 1. The molecule has 0 aromatic heterocycles. The molecule has 1 amide bonds. The minimum atomic E-state index is -3.97. The second kappa shape index (κ2) is 7.75. The van der Waals surface area contributed by atoms with Crippen LogP contribution in [0.1, 0.15) is 23.2 Å². The Hall–Kier alpha value is -1.29. The van der Waals surface area contributed by atoms with Gasteiger partial charge in [-0.3, -0.25) is 4.79 Å². The van der Waals surface area contributed by atoms with Crippen LogP contribution in [-0.2, 0) is 19.6 Å². The standard InChI is InChI=1S/C16H19ClN2O5S2/c1-24-16(21)11-4-5-14(12(17)6-11)26(22,23)19-9-25-8-13(19)15(20)18-7-10-2-3-10/h4-6,10,13H,2-3,7-9H2,1H3,(H,18,20). The van der Waals surface area contributed by atoms with Gasteiger partial charge < -0.3 is 10.1 Å². The largest absolute Gasteiger partial charge is 0.465 e. The second-order valence-electron chi connectivity index (χ2n) is 6.23. The summed E-state index contributed by atoms with van der Waals surface area (Å²) in [5.74, 6) is 0.197. The van der Waals surface area contributed by atoms with Crippen LogP contribution in [0.4, 0.5) is 0 Å². The number of nitrogens with zero attached hydrogens (tertiary/aromatic N) is 1. The first-order valence-electron chi connectivity index (χ1n) is 8.09. The van der Waals surface area contributed by atoms with E-state index >= 15 is 0 Å².